The first-order valence-corrected chi connectivity index (χ1v) is 3.94. The summed E-state index contributed by atoms with van der Waals surface area (Å²) in [6, 6.07) is 0. The molecule has 0 aromatic carbocycles. The molecular weight excluding hydrogens is 162 g/mol. The molecule has 0 aliphatic carbocycles. The molecule has 4 heteroatoms. The highest BCUT2D eigenvalue weighted by molar-refractivity contribution is 5.85. The van der Waals surface area contributed by atoms with E-state index in [9.17, 15) is 0 Å². The number of piperazine rings is 1. The number of halogens is 1. The second-order valence-corrected chi connectivity index (χ2v) is 2.93. The van der Waals surface area contributed by atoms with Gasteiger partial charge in [-0.3, -0.25) is 4.90 Å². The van der Waals surface area contributed by atoms with Gasteiger partial charge in [0.15, 0.2) is 0 Å². The van der Waals surface area contributed by atoms with Crippen LogP contribution in [0.2, 0.25) is 0 Å². The van der Waals surface area contributed by atoms with Gasteiger partial charge in [0, 0.05) is 39.3 Å². The van der Waals surface area contributed by atoms with Crippen LogP contribution in [0.15, 0.2) is 0 Å². The average molecular weight is 180 g/mol. The molecule has 0 radical (unpaired) electrons. The molecule has 0 unspecified atom stereocenters. The first kappa shape index (κ1) is 11.2. The van der Waals surface area contributed by atoms with Crippen LogP contribution in [0.4, 0.5) is 0 Å². The van der Waals surface area contributed by atoms with Crippen LogP contribution < -0.4 is 5.73 Å². The first-order chi connectivity index (χ1) is 4.83. The third-order valence-corrected chi connectivity index (χ3v) is 2.04. The maximum Gasteiger partial charge on any atom is 0.0110 e. The minimum atomic E-state index is 0. The lowest BCUT2D eigenvalue weighted by atomic mass is 10.3. The van der Waals surface area contributed by atoms with Gasteiger partial charge in [0.1, 0.15) is 0 Å². The van der Waals surface area contributed by atoms with E-state index in [4.69, 9.17) is 5.73 Å². The van der Waals surface area contributed by atoms with E-state index in [1.165, 1.54) is 26.2 Å². The van der Waals surface area contributed by atoms with E-state index < -0.39 is 0 Å². The van der Waals surface area contributed by atoms with Gasteiger partial charge in [-0.15, -0.1) is 12.4 Å². The van der Waals surface area contributed by atoms with Gasteiger partial charge < -0.3 is 10.6 Å². The maximum absolute atomic E-state index is 5.44. The fourth-order valence-electron chi connectivity index (χ4n) is 1.25. The van der Waals surface area contributed by atoms with Crippen LogP contribution in [0, 0.1) is 0 Å². The Bertz CT molecular complexity index is 91.7. The number of hydrogen-bond donors (Lipinski definition) is 1. The van der Waals surface area contributed by atoms with Crippen molar-refractivity contribution in [3.05, 3.63) is 0 Å². The Morgan fingerprint density at radius 3 is 2.18 bits per heavy atom. The topological polar surface area (TPSA) is 32.5 Å². The number of rotatable bonds is 2. The van der Waals surface area contributed by atoms with E-state index in [1.54, 1.807) is 0 Å². The lowest BCUT2D eigenvalue weighted by Crippen LogP contribution is -2.45. The van der Waals surface area contributed by atoms with Gasteiger partial charge in [-0.05, 0) is 7.05 Å². The van der Waals surface area contributed by atoms with Gasteiger partial charge in [0.25, 0.3) is 0 Å². The van der Waals surface area contributed by atoms with E-state index in [-0.39, 0.29) is 12.4 Å². The summed E-state index contributed by atoms with van der Waals surface area (Å²) in [4.78, 5) is 4.77. The summed E-state index contributed by atoms with van der Waals surface area (Å²) in [5, 5.41) is 0. The Morgan fingerprint density at radius 2 is 1.73 bits per heavy atom. The third kappa shape index (κ3) is 3.91. The normalized spacial score (nSPS) is 21.3. The van der Waals surface area contributed by atoms with Gasteiger partial charge >= 0.3 is 0 Å². The van der Waals surface area contributed by atoms with E-state index in [0.29, 0.717) is 0 Å². The van der Waals surface area contributed by atoms with Gasteiger partial charge in [0.2, 0.25) is 0 Å². The first-order valence-electron chi connectivity index (χ1n) is 3.94. The summed E-state index contributed by atoms with van der Waals surface area (Å²) in [7, 11) is 2.17. The molecule has 3 nitrogen and oxygen atoms in total. The van der Waals surface area contributed by atoms with Crippen LogP contribution in [0.5, 0.6) is 0 Å². The van der Waals surface area contributed by atoms with Crippen molar-refractivity contribution in [3.63, 3.8) is 0 Å². The summed E-state index contributed by atoms with van der Waals surface area (Å²) in [6.07, 6.45) is 0. The quantitative estimate of drug-likeness (QED) is 0.627. The van der Waals surface area contributed by atoms with Crippen LogP contribution in [-0.4, -0.2) is 56.1 Å². The van der Waals surface area contributed by atoms with E-state index in [1.807, 2.05) is 0 Å². The molecule has 0 bridgehead atoms. The Balaban J connectivity index is 0.000001000. The average Bonchev–Trinajstić information content (AvgIpc) is 1.95. The van der Waals surface area contributed by atoms with Crippen molar-refractivity contribution in [2.24, 2.45) is 5.73 Å². The zero-order chi connectivity index (χ0) is 7.40. The molecule has 1 saturated heterocycles. The van der Waals surface area contributed by atoms with Crippen molar-refractivity contribution in [3.8, 4) is 0 Å². The fourth-order valence-corrected chi connectivity index (χ4v) is 1.25. The van der Waals surface area contributed by atoms with Crippen LogP contribution >= 0.6 is 12.4 Å². The molecule has 0 aromatic rings. The summed E-state index contributed by atoms with van der Waals surface area (Å²) in [5.74, 6) is 0. The Labute approximate surface area is 74.9 Å². The zero-order valence-corrected chi connectivity index (χ0v) is 7.94. The molecule has 0 amide bonds. The minimum absolute atomic E-state index is 0. The van der Waals surface area contributed by atoms with Crippen molar-refractivity contribution in [1.29, 1.82) is 0 Å². The van der Waals surface area contributed by atoms with Crippen LogP contribution in [0.1, 0.15) is 0 Å². The molecule has 0 spiro atoms. The second kappa shape index (κ2) is 5.77. The van der Waals surface area contributed by atoms with Gasteiger partial charge in [-0.1, -0.05) is 0 Å². The van der Waals surface area contributed by atoms with Gasteiger partial charge in [0.05, 0.1) is 0 Å². The molecule has 0 atom stereocenters. The number of likely N-dealkylation sites (N-methyl/N-ethyl adjacent to an activating group) is 1. The summed E-state index contributed by atoms with van der Waals surface area (Å²) < 4.78 is 0. The highest BCUT2D eigenvalue weighted by Crippen LogP contribution is 1.96. The molecular formula is C7H18ClN3. The number of nitrogens with two attached hydrogens (primary N) is 1. The predicted octanol–water partition coefficient (Wildman–Crippen LogP) is -0.386. The minimum Gasteiger partial charge on any atom is -0.329 e. The molecule has 68 valence electrons. The van der Waals surface area contributed by atoms with Crippen LogP contribution in [-0.2, 0) is 0 Å². The molecule has 11 heavy (non-hydrogen) atoms. The van der Waals surface area contributed by atoms with E-state index in [0.717, 1.165) is 13.1 Å². The SMILES string of the molecule is CN1CCN(CCN)CC1.Cl. The Kier molecular flexibility index (Phi) is 5.86. The summed E-state index contributed by atoms with van der Waals surface area (Å²) in [5.41, 5.74) is 5.44. The molecule has 1 aliphatic rings. The van der Waals surface area contributed by atoms with Crippen molar-refractivity contribution < 1.29 is 0 Å². The molecule has 1 heterocycles. The molecule has 1 fully saturated rings. The molecule has 1 aliphatic heterocycles. The van der Waals surface area contributed by atoms with Crippen molar-refractivity contribution in [1.82, 2.24) is 9.80 Å². The van der Waals surface area contributed by atoms with Crippen molar-refractivity contribution in [2.45, 2.75) is 0 Å². The highest BCUT2D eigenvalue weighted by atomic mass is 35.5. The number of nitrogens with zero attached hydrogens (tertiary/aromatic N) is 2. The third-order valence-electron chi connectivity index (χ3n) is 2.04. The Morgan fingerprint density at radius 1 is 1.18 bits per heavy atom. The van der Waals surface area contributed by atoms with Crippen molar-refractivity contribution >= 4 is 12.4 Å². The summed E-state index contributed by atoms with van der Waals surface area (Å²) in [6.45, 7) is 6.62. The van der Waals surface area contributed by atoms with Crippen LogP contribution in [0.3, 0.4) is 0 Å². The lowest BCUT2D eigenvalue weighted by molar-refractivity contribution is 0.157. The van der Waals surface area contributed by atoms with Crippen LogP contribution in [0.25, 0.3) is 0 Å². The lowest BCUT2D eigenvalue weighted by Gasteiger charge is -2.31. The van der Waals surface area contributed by atoms with Crippen molar-refractivity contribution in [2.75, 3.05) is 46.3 Å². The van der Waals surface area contributed by atoms with E-state index in [2.05, 4.69) is 16.8 Å². The highest BCUT2D eigenvalue weighted by Gasteiger charge is 2.11. The largest absolute Gasteiger partial charge is 0.329 e. The van der Waals surface area contributed by atoms with Gasteiger partial charge in [-0.25, -0.2) is 0 Å². The maximum atomic E-state index is 5.44. The molecule has 0 aromatic heterocycles. The smallest absolute Gasteiger partial charge is 0.0110 e. The fraction of sp³-hybridized carbons (Fsp3) is 1.00. The predicted molar refractivity (Wildman–Crippen MR) is 50.2 cm³/mol. The molecule has 1 rings (SSSR count). The molecule has 2 N–H and O–H groups in total. The molecule has 0 saturated carbocycles. The second-order valence-electron chi connectivity index (χ2n) is 2.93. The Hall–Kier alpha value is 0.170. The number of hydrogen-bond acceptors (Lipinski definition) is 3. The zero-order valence-electron chi connectivity index (χ0n) is 7.12. The standard InChI is InChI=1S/C7H17N3.ClH/c1-9-4-6-10(3-2-8)7-5-9;/h2-8H2,1H3;1H. The monoisotopic (exact) mass is 179 g/mol. The van der Waals surface area contributed by atoms with Gasteiger partial charge in [-0.2, -0.15) is 0 Å². The summed E-state index contributed by atoms with van der Waals surface area (Å²) >= 11 is 0. The van der Waals surface area contributed by atoms with E-state index >= 15 is 0 Å².